The zero-order valence-electron chi connectivity index (χ0n) is 14.9. The van der Waals surface area contributed by atoms with E-state index in [1.54, 1.807) is 0 Å². The molecule has 1 aromatic heterocycles. The van der Waals surface area contributed by atoms with Crippen LogP contribution < -0.4 is 15.5 Å². The number of nitrogens with two attached hydrogens (primary N) is 1. The summed E-state index contributed by atoms with van der Waals surface area (Å²) in [7, 11) is 0. The van der Waals surface area contributed by atoms with Crippen molar-refractivity contribution in [3.63, 3.8) is 0 Å². The van der Waals surface area contributed by atoms with Crippen LogP contribution in [0, 0.1) is 17.6 Å². The number of halogens is 2. The van der Waals surface area contributed by atoms with Gasteiger partial charge < -0.3 is 10.6 Å². The first-order chi connectivity index (χ1) is 12.8. The third-order valence-electron chi connectivity index (χ3n) is 4.72. The molecule has 1 aromatic carbocycles. The molecule has 0 bridgehead atoms. The number of benzene rings is 1. The summed E-state index contributed by atoms with van der Waals surface area (Å²) >= 11 is 1.23. The number of carbonyl (C=O) groups excluding carboxylic acids is 2. The van der Waals surface area contributed by atoms with Crippen molar-refractivity contribution in [1.82, 2.24) is 4.98 Å². The van der Waals surface area contributed by atoms with Crippen molar-refractivity contribution in [2.75, 3.05) is 18.0 Å². The Hall–Kier alpha value is -2.39. The Morgan fingerprint density at radius 3 is 2.63 bits per heavy atom. The Balaban J connectivity index is 1.73. The van der Waals surface area contributed by atoms with E-state index in [0.717, 1.165) is 48.7 Å². The Morgan fingerprint density at radius 2 is 2.04 bits per heavy atom. The van der Waals surface area contributed by atoms with Gasteiger partial charge in [-0.3, -0.25) is 14.5 Å². The van der Waals surface area contributed by atoms with E-state index in [1.165, 1.54) is 29.2 Å². The minimum Gasteiger partial charge on any atom is -0.369 e. The van der Waals surface area contributed by atoms with Crippen LogP contribution in [-0.2, 0) is 16.1 Å². The maximum absolute atomic E-state index is 14.1. The predicted octanol–water partition coefficient (Wildman–Crippen LogP) is 1.39. The lowest BCUT2D eigenvalue weighted by molar-refractivity contribution is -0.919. The van der Waals surface area contributed by atoms with E-state index in [2.05, 4.69) is 4.98 Å². The lowest BCUT2D eigenvalue weighted by atomic mass is 9.96. The average Bonchev–Trinajstić information content (AvgIpc) is 3.05. The lowest BCUT2D eigenvalue weighted by Gasteiger charge is -2.27. The van der Waals surface area contributed by atoms with E-state index in [1.807, 2.05) is 5.38 Å². The van der Waals surface area contributed by atoms with Crippen molar-refractivity contribution >= 4 is 34.0 Å². The normalized spacial score (nSPS) is 19.7. The Bertz CT molecular complexity index is 850. The van der Waals surface area contributed by atoms with E-state index < -0.39 is 17.5 Å². The van der Waals surface area contributed by atoms with E-state index in [9.17, 15) is 18.4 Å². The van der Waals surface area contributed by atoms with Gasteiger partial charge in [-0.2, -0.15) is 0 Å². The Kier molecular flexibility index (Phi) is 5.81. The van der Waals surface area contributed by atoms with Crippen molar-refractivity contribution in [2.24, 2.45) is 11.7 Å². The number of thiazole rings is 1. The monoisotopic (exact) mass is 395 g/mol. The highest BCUT2D eigenvalue weighted by molar-refractivity contribution is 7.14. The molecule has 0 aliphatic carbocycles. The second kappa shape index (κ2) is 8.10. The summed E-state index contributed by atoms with van der Waals surface area (Å²) in [5.74, 6) is -2.24. The third-order valence-corrected chi connectivity index (χ3v) is 5.60. The van der Waals surface area contributed by atoms with Crippen LogP contribution >= 0.6 is 11.3 Å². The fourth-order valence-corrected chi connectivity index (χ4v) is 4.17. The molecule has 2 heterocycles. The maximum atomic E-state index is 14.1. The van der Waals surface area contributed by atoms with Crippen LogP contribution in [0.25, 0.3) is 0 Å². The second-order valence-corrected chi connectivity index (χ2v) is 7.51. The fourth-order valence-electron chi connectivity index (χ4n) is 3.29. The summed E-state index contributed by atoms with van der Waals surface area (Å²) in [5.41, 5.74) is 6.12. The van der Waals surface area contributed by atoms with E-state index >= 15 is 0 Å². The van der Waals surface area contributed by atoms with Crippen LogP contribution in [0.15, 0.2) is 23.6 Å². The largest absolute Gasteiger partial charge is 0.369 e. The average molecular weight is 395 g/mol. The lowest BCUT2D eigenvalue weighted by Crippen LogP contribution is -3.11. The number of primary amides is 1. The number of quaternary nitrogens is 1. The number of rotatable bonds is 5. The molecular weight excluding hydrogens is 374 g/mol. The highest BCUT2D eigenvalue weighted by atomic mass is 32.1. The first-order valence-corrected chi connectivity index (χ1v) is 9.56. The van der Waals surface area contributed by atoms with Crippen molar-refractivity contribution in [1.29, 1.82) is 0 Å². The van der Waals surface area contributed by atoms with Gasteiger partial charge in [-0.05, 0) is 12.1 Å². The van der Waals surface area contributed by atoms with Crippen molar-refractivity contribution < 1.29 is 23.3 Å². The Labute approximate surface area is 159 Å². The van der Waals surface area contributed by atoms with Crippen LogP contribution in [0.1, 0.15) is 25.5 Å². The predicted molar refractivity (Wildman–Crippen MR) is 97.6 cm³/mol. The Morgan fingerprint density at radius 1 is 1.33 bits per heavy atom. The molecule has 144 valence electrons. The summed E-state index contributed by atoms with van der Waals surface area (Å²) < 4.78 is 27.3. The molecule has 1 aliphatic heterocycles. The molecule has 3 rings (SSSR count). The molecule has 9 heteroatoms. The molecule has 27 heavy (non-hydrogen) atoms. The molecular formula is C18H21F2N4O2S+. The molecule has 3 N–H and O–H groups in total. The molecule has 1 fully saturated rings. The van der Waals surface area contributed by atoms with Gasteiger partial charge in [0.2, 0.25) is 11.8 Å². The molecule has 2 amide bonds. The molecule has 0 spiro atoms. The third kappa shape index (κ3) is 4.48. The number of carbonyl (C=O) groups is 2. The van der Waals surface area contributed by atoms with Gasteiger partial charge in [-0.1, -0.05) is 0 Å². The van der Waals surface area contributed by atoms with Crippen LogP contribution in [0.4, 0.5) is 19.6 Å². The number of anilines is 2. The zero-order valence-corrected chi connectivity index (χ0v) is 15.7. The van der Waals surface area contributed by atoms with E-state index in [-0.39, 0.29) is 17.5 Å². The molecule has 0 saturated carbocycles. The molecule has 6 nitrogen and oxygen atoms in total. The topological polar surface area (TPSA) is 80.7 Å². The number of aromatic nitrogens is 1. The van der Waals surface area contributed by atoms with Crippen molar-refractivity contribution in [3.05, 3.63) is 40.9 Å². The number of nitrogens with zero attached hydrogens (tertiary/aromatic N) is 2. The van der Waals surface area contributed by atoms with Gasteiger partial charge in [-0.25, -0.2) is 13.8 Å². The number of nitrogens with one attached hydrogen (secondary N) is 1. The highest BCUT2D eigenvalue weighted by Crippen LogP contribution is 2.31. The van der Waals surface area contributed by atoms with Crippen molar-refractivity contribution in [3.8, 4) is 0 Å². The summed E-state index contributed by atoms with van der Waals surface area (Å²) in [6.45, 7) is 3.61. The van der Waals surface area contributed by atoms with Gasteiger partial charge in [0, 0.05) is 37.1 Å². The fraction of sp³-hybridized carbons (Fsp3) is 0.389. The highest BCUT2D eigenvalue weighted by Gasteiger charge is 2.27. The summed E-state index contributed by atoms with van der Waals surface area (Å²) in [6, 6.07) is 3.08. The molecule has 1 aliphatic rings. The maximum Gasteiger partial charge on any atom is 0.230 e. The van der Waals surface area contributed by atoms with Gasteiger partial charge in [-0.15, -0.1) is 11.3 Å². The van der Waals surface area contributed by atoms with Gasteiger partial charge in [0.1, 0.15) is 23.9 Å². The molecule has 0 unspecified atom stereocenters. The minimum absolute atomic E-state index is 0.0283. The van der Waals surface area contributed by atoms with Crippen molar-refractivity contribution in [2.45, 2.75) is 26.3 Å². The van der Waals surface area contributed by atoms with Crippen LogP contribution in [0.2, 0.25) is 0 Å². The number of hydrogen-bond donors (Lipinski definition) is 2. The quantitative estimate of drug-likeness (QED) is 0.803. The van der Waals surface area contributed by atoms with Crippen LogP contribution in [0.3, 0.4) is 0 Å². The van der Waals surface area contributed by atoms with Gasteiger partial charge >= 0.3 is 0 Å². The molecule has 0 radical (unpaired) electrons. The minimum atomic E-state index is -0.818. The molecule has 0 atom stereocenters. The van der Waals surface area contributed by atoms with E-state index in [4.69, 9.17) is 5.73 Å². The second-order valence-electron chi connectivity index (χ2n) is 6.67. The number of piperidine rings is 1. The van der Waals surface area contributed by atoms with Crippen LogP contribution in [-0.4, -0.2) is 29.9 Å². The van der Waals surface area contributed by atoms with Gasteiger partial charge in [0.15, 0.2) is 5.13 Å². The summed E-state index contributed by atoms with van der Waals surface area (Å²) in [4.78, 5) is 30.2. The van der Waals surface area contributed by atoms with Gasteiger partial charge in [0.05, 0.1) is 18.8 Å². The first-order valence-electron chi connectivity index (χ1n) is 8.68. The van der Waals surface area contributed by atoms with E-state index in [0.29, 0.717) is 11.7 Å². The van der Waals surface area contributed by atoms with Gasteiger partial charge in [0.25, 0.3) is 0 Å². The number of amides is 2. The number of likely N-dealkylation sites (tertiary alicyclic amines) is 1. The molecule has 1 saturated heterocycles. The summed E-state index contributed by atoms with van der Waals surface area (Å²) in [6.07, 6.45) is 1.50. The first kappa shape index (κ1) is 19.4. The standard InChI is InChI=1S/C18H20F2N4O2S/c1-11(25)24(16-3-2-13(19)8-15(16)20)18-22-14(10-27-18)9-23-6-4-12(5-7-23)17(21)26/h2-3,8,10,12H,4-7,9H2,1H3,(H2,21,26)/p+1. The SMILES string of the molecule is CC(=O)N(c1nc(C[NH+]2CCC(C(N)=O)CC2)cs1)c1ccc(F)cc1F. The van der Waals surface area contributed by atoms with Crippen LogP contribution in [0.5, 0.6) is 0 Å². The zero-order chi connectivity index (χ0) is 19.6. The summed E-state index contributed by atoms with van der Waals surface area (Å²) in [5, 5.41) is 2.18. The smallest absolute Gasteiger partial charge is 0.230 e. The molecule has 2 aromatic rings. The number of hydrogen-bond acceptors (Lipinski definition) is 4.